The minimum absolute atomic E-state index is 0.0981. The highest BCUT2D eigenvalue weighted by Crippen LogP contribution is 2.20. The molecule has 5 heteroatoms. The molecule has 0 amide bonds. The van der Waals surface area contributed by atoms with Crippen LogP contribution in [0.1, 0.15) is 31.7 Å². The molecule has 2 atom stereocenters. The third-order valence-electron chi connectivity index (χ3n) is 4.28. The van der Waals surface area contributed by atoms with Gasteiger partial charge in [0, 0.05) is 26.2 Å². The highest BCUT2D eigenvalue weighted by molar-refractivity contribution is 7.16. The zero-order valence-electron chi connectivity index (χ0n) is 12.6. The molecule has 2 heterocycles. The van der Waals surface area contributed by atoms with Crippen molar-refractivity contribution in [1.29, 1.82) is 0 Å². The lowest BCUT2D eigenvalue weighted by Crippen LogP contribution is -2.38. The maximum absolute atomic E-state index is 11.7. The molecule has 1 aliphatic heterocycles. The number of thiazole rings is 1. The van der Waals surface area contributed by atoms with Crippen LogP contribution in [0.25, 0.3) is 10.2 Å². The second-order valence-electron chi connectivity index (χ2n) is 5.68. The van der Waals surface area contributed by atoms with Gasteiger partial charge in [-0.1, -0.05) is 24.3 Å². The third-order valence-corrected chi connectivity index (χ3v) is 5.27. The zero-order valence-corrected chi connectivity index (χ0v) is 13.4. The predicted molar refractivity (Wildman–Crippen MR) is 87.0 cm³/mol. The molecule has 1 fully saturated rings. The highest BCUT2D eigenvalue weighted by atomic mass is 32.1. The van der Waals surface area contributed by atoms with E-state index >= 15 is 0 Å². The molecule has 2 aromatic rings. The van der Waals surface area contributed by atoms with Crippen LogP contribution in [0, 0.1) is 0 Å². The molecule has 3 rings (SSSR count). The lowest BCUT2D eigenvalue weighted by molar-refractivity contribution is 0.0765. The molecule has 1 aromatic carbocycles. The Hall–Kier alpha value is -1.17. The van der Waals surface area contributed by atoms with Crippen LogP contribution >= 0.6 is 11.3 Å². The van der Waals surface area contributed by atoms with Gasteiger partial charge in [-0.2, -0.15) is 0 Å². The van der Waals surface area contributed by atoms with Crippen molar-refractivity contribution < 1.29 is 4.74 Å². The summed E-state index contributed by atoms with van der Waals surface area (Å²) < 4.78 is 8.55. The van der Waals surface area contributed by atoms with E-state index in [2.05, 4.69) is 24.4 Å². The monoisotopic (exact) mass is 306 g/mol. The van der Waals surface area contributed by atoms with Gasteiger partial charge < -0.3 is 14.6 Å². The van der Waals surface area contributed by atoms with Crippen molar-refractivity contribution in [2.45, 2.75) is 44.9 Å². The van der Waals surface area contributed by atoms with Crippen molar-refractivity contribution >= 4 is 21.6 Å². The van der Waals surface area contributed by atoms with Gasteiger partial charge in [-0.15, -0.1) is 0 Å². The minimum atomic E-state index is 0.0981. The predicted octanol–water partition coefficient (Wildman–Crippen LogP) is 2.65. The van der Waals surface area contributed by atoms with Crippen LogP contribution in [0.2, 0.25) is 0 Å². The van der Waals surface area contributed by atoms with E-state index in [4.69, 9.17) is 4.74 Å². The molecular weight excluding hydrogens is 284 g/mol. The van der Waals surface area contributed by atoms with Crippen molar-refractivity contribution in [3.63, 3.8) is 0 Å². The summed E-state index contributed by atoms with van der Waals surface area (Å²) in [4.78, 5) is 11.8. The maximum Gasteiger partial charge on any atom is 0.307 e. The highest BCUT2D eigenvalue weighted by Gasteiger charge is 2.23. The van der Waals surface area contributed by atoms with E-state index in [-0.39, 0.29) is 4.87 Å². The van der Waals surface area contributed by atoms with E-state index in [1.807, 2.05) is 13.1 Å². The summed E-state index contributed by atoms with van der Waals surface area (Å²) in [7, 11) is 1.82. The Kier molecular flexibility index (Phi) is 4.42. The van der Waals surface area contributed by atoms with Crippen LogP contribution in [0.5, 0.6) is 0 Å². The van der Waals surface area contributed by atoms with Gasteiger partial charge >= 0.3 is 4.87 Å². The summed E-state index contributed by atoms with van der Waals surface area (Å²) in [5.74, 6) is 0. The van der Waals surface area contributed by atoms with Crippen LogP contribution in [0.3, 0.4) is 0 Å². The number of aryl methyl sites for hydroxylation is 1. The van der Waals surface area contributed by atoms with Crippen LogP contribution in [0.4, 0.5) is 0 Å². The number of nitrogens with one attached hydrogen (secondary N) is 1. The Labute approximate surface area is 128 Å². The second kappa shape index (κ2) is 6.30. The first-order chi connectivity index (χ1) is 10.2. The summed E-state index contributed by atoms with van der Waals surface area (Å²) in [6, 6.07) is 6.68. The van der Waals surface area contributed by atoms with Gasteiger partial charge in [-0.3, -0.25) is 4.79 Å². The Morgan fingerprint density at radius 1 is 1.52 bits per heavy atom. The Morgan fingerprint density at radius 3 is 3.10 bits per heavy atom. The first-order valence-electron chi connectivity index (χ1n) is 7.62. The van der Waals surface area contributed by atoms with Gasteiger partial charge in [-0.05, 0) is 37.0 Å². The van der Waals surface area contributed by atoms with Crippen LogP contribution in [-0.4, -0.2) is 23.3 Å². The van der Waals surface area contributed by atoms with E-state index in [1.54, 1.807) is 4.57 Å². The maximum atomic E-state index is 11.7. The van der Waals surface area contributed by atoms with Gasteiger partial charge in [0.1, 0.15) is 0 Å². The molecule has 1 N–H and O–H groups in total. The molecule has 1 aliphatic rings. The quantitative estimate of drug-likeness (QED) is 0.923. The average Bonchev–Trinajstić information content (AvgIpc) is 3.10. The van der Waals surface area contributed by atoms with Crippen molar-refractivity contribution in [1.82, 2.24) is 9.88 Å². The van der Waals surface area contributed by atoms with Crippen molar-refractivity contribution in [3.8, 4) is 0 Å². The molecule has 0 unspecified atom stereocenters. The number of nitrogens with zero attached hydrogens (tertiary/aromatic N) is 1. The SMILES string of the molecule is CC[C@H](NCc1ccc2c(c1)sc(=O)n2C)[C@H]1CCCO1. The molecule has 0 radical (unpaired) electrons. The van der Waals surface area contributed by atoms with Gasteiger partial charge in [-0.25, -0.2) is 0 Å². The fourth-order valence-electron chi connectivity index (χ4n) is 3.00. The van der Waals surface area contributed by atoms with E-state index in [0.717, 1.165) is 36.2 Å². The lowest BCUT2D eigenvalue weighted by atomic mass is 10.1. The molecule has 0 bridgehead atoms. The van der Waals surface area contributed by atoms with E-state index in [9.17, 15) is 4.79 Å². The molecule has 1 saturated heterocycles. The first-order valence-corrected chi connectivity index (χ1v) is 8.44. The number of rotatable bonds is 5. The summed E-state index contributed by atoms with van der Waals surface area (Å²) in [5.41, 5.74) is 2.24. The molecule has 114 valence electrons. The standard InChI is InChI=1S/C16H22N2O2S/c1-3-12(14-5-4-8-20-14)17-10-11-6-7-13-15(9-11)21-16(19)18(13)2/h6-7,9,12,14,17H,3-5,8,10H2,1-2H3/t12-,14+/m0/s1. The summed E-state index contributed by atoms with van der Waals surface area (Å²) >= 11 is 1.31. The van der Waals surface area contributed by atoms with Crippen molar-refractivity contribution in [2.24, 2.45) is 7.05 Å². The first kappa shape index (κ1) is 14.8. The third kappa shape index (κ3) is 3.05. The summed E-state index contributed by atoms with van der Waals surface area (Å²) in [6.45, 7) is 3.92. The van der Waals surface area contributed by atoms with Gasteiger partial charge in [0.25, 0.3) is 0 Å². The number of hydrogen-bond acceptors (Lipinski definition) is 4. The molecule has 4 nitrogen and oxygen atoms in total. The molecule has 21 heavy (non-hydrogen) atoms. The number of hydrogen-bond donors (Lipinski definition) is 1. The van der Waals surface area contributed by atoms with Crippen LogP contribution in [-0.2, 0) is 18.3 Å². The lowest BCUT2D eigenvalue weighted by Gasteiger charge is -2.23. The Bertz CT molecular complexity index is 670. The fourth-order valence-corrected chi connectivity index (χ4v) is 3.94. The number of benzene rings is 1. The second-order valence-corrected chi connectivity index (χ2v) is 6.67. The molecule has 0 spiro atoms. The van der Waals surface area contributed by atoms with Gasteiger partial charge in [0.15, 0.2) is 0 Å². The normalized spacial score (nSPS) is 20.2. The van der Waals surface area contributed by atoms with Crippen molar-refractivity contribution in [3.05, 3.63) is 33.4 Å². The Morgan fingerprint density at radius 2 is 2.38 bits per heavy atom. The largest absolute Gasteiger partial charge is 0.377 e. The number of ether oxygens (including phenoxy) is 1. The Balaban J connectivity index is 1.71. The number of fused-ring (bicyclic) bond motifs is 1. The van der Waals surface area contributed by atoms with E-state index in [1.165, 1.54) is 23.3 Å². The molecule has 0 aliphatic carbocycles. The van der Waals surface area contributed by atoms with Gasteiger partial charge in [0.2, 0.25) is 0 Å². The molecule has 0 saturated carbocycles. The van der Waals surface area contributed by atoms with Gasteiger partial charge in [0.05, 0.1) is 16.3 Å². The van der Waals surface area contributed by atoms with Crippen molar-refractivity contribution in [2.75, 3.05) is 6.61 Å². The molecule has 1 aromatic heterocycles. The summed E-state index contributed by atoms with van der Waals surface area (Å²) in [5, 5.41) is 3.61. The summed E-state index contributed by atoms with van der Waals surface area (Å²) in [6.07, 6.45) is 3.76. The smallest absolute Gasteiger partial charge is 0.307 e. The van der Waals surface area contributed by atoms with Crippen LogP contribution in [0.15, 0.2) is 23.0 Å². The molecular formula is C16H22N2O2S. The zero-order chi connectivity index (χ0) is 14.8. The fraction of sp³-hybridized carbons (Fsp3) is 0.562. The van der Waals surface area contributed by atoms with Crippen LogP contribution < -0.4 is 10.2 Å². The number of aromatic nitrogens is 1. The average molecular weight is 306 g/mol. The van der Waals surface area contributed by atoms with E-state index < -0.39 is 0 Å². The topological polar surface area (TPSA) is 43.3 Å². The minimum Gasteiger partial charge on any atom is -0.377 e. The van der Waals surface area contributed by atoms with E-state index in [0.29, 0.717) is 12.1 Å².